The second kappa shape index (κ2) is 7.07. The highest BCUT2D eigenvalue weighted by Gasteiger charge is 2.22. The molecule has 0 aromatic heterocycles. The Balaban J connectivity index is 2.03. The summed E-state index contributed by atoms with van der Waals surface area (Å²) in [7, 11) is 1.87. The standard InChI is InChI=1S/C17H21NO3/c1-18(15-5-3-2-4-6-15)17(21)14-10-7-13(8-11-14)9-12-16(19)20/h7-12,15H,2-6H2,1H3,(H,19,20). The van der Waals surface area contributed by atoms with Crippen LogP contribution in [0.5, 0.6) is 0 Å². The van der Waals surface area contributed by atoms with Gasteiger partial charge in [0.2, 0.25) is 0 Å². The summed E-state index contributed by atoms with van der Waals surface area (Å²) in [6, 6.07) is 7.38. The summed E-state index contributed by atoms with van der Waals surface area (Å²) < 4.78 is 0. The zero-order valence-corrected chi connectivity index (χ0v) is 12.3. The summed E-state index contributed by atoms with van der Waals surface area (Å²) in [5.41, 5.74) is 1.42. The number of hydrogen-bond donors (Lipinski definition) is 1. The molecular formula is C17H21NO3. The molecule has 1 amide bonds. The topological polar surface area (TPSA) is 57.6 Å². The maximum atomic E-state index is 12.4. The van der Waals surface area contributed by atoms with E-state index in [4.69, 9.17) is 5.11 Å². The number of carbonyl (C=O) groups excluding carboxylic acids is 1. The highest BCUT2D eigenvalue weighted by molar-refractivity contribution is 5.94. The Morgan fingerprint density at radius 3 is 2.33 bits per heavy atom. The van der Waals surface area contributed by atoms with Gasteiger partial charge in [-0.2, -0.15) is 0 Å². The molecule has 1 aliphatic carbocycles. The molecule has 0 saturated heterocycles. The lowest BCUT2D eigenvalue weighted by atomic mass is 9.94. The van der Waals surface area contributed by atoms with Gasteiger partial charge in [-0.3, -0.25) is 4.79 Å². The molecule has 1 aromatic rings. The normalized spacial score (nSPS) is 16.0. The van der Waals surface area contributed by atoms with E-state index in [2.05, 4.69) is 0 Å². The van der Waals surface area contributed by atoms with E-state index in [1.54, 1.807) is 24.3 Å². The van der Waals surface area contributed by atoms with Crippen molar-refractivity contribution in [1.29, 1.82) is 0 Å². The molecule has 4 heteroatoms. The first-order chi connectivity index (χ1) is 10.1. The van der Waals surface area contributed by atoms with Crippen LogP contribution in [0.4, 0.5) is 0 Å². The van der Waals surface area contributed by atoms with Crippen LogP contribution < -0.4 is 0 Å². The molecular weight excluding hydrogens is 266 g/mol. The van der Waals surface area contributed by atoms with Gasteiger partial charge in [-0.15, -0.1) is 0 Å². The van der Waals surface area contributed by atoms with Crippen LogP contribution in [-0.2, 0) is 4.79 Å². The second-order valence-corrected chi connectivity index (χ2v) is 5.50. The van der Waals surface area contributed by atoms with Crippen LogP contribution in [0.3, 0.4) is 0 Å². The van der Waals surface area contributed by atoms with Gasteiger partial charge < -0.3 is 10.0 Å². The largest absolute Gasteiger partial charge is 0.478 e. The molecule has 1 aromatic carbocycles. The number of carboxylic acids is 1. The van der Waals surface area contributed by atoms with E-state index >= 15 is 0 Å². The highest BCUT2D eigenvalue weighted by atomic mass is 16.4. The molecule has 0 radical (unpaired) electrons. The van der Waals surface area contributed by atoms with Crippen molar-refractivity contribution >= 4 is 18.0 Å². The van der Waals surface area contributed by atoms with Crippen molar-refractivity contribution in [1.82, 2.24) is 4.90 Å². The minimum Gasteiger partial charge on any atom is -0.478 e. The minimum absolute atomic E-state index is 0.0377. The van der Waals surface area contributed by atoms with E-state index in [1.807, 2.05) is 11.9 Å². The summed E-state index contributed by atoms with van der Waals surface area (Å²) in [6.07, 6.45) is 8.43. The number of rotatable bonds is 4. The monoisotopic (exact) mass is 287 g/mol. The van der Waals surface area contributed by atoms with E-state index in [0.29, 0.717) is 11.6 Å². The highest BCUT2D eigenvalue weighted by Crippen LogP contribution is 2.23. The summed E-state index contributed by atoms with van der Waals surface area (Å²) in [6.45, 7) is 0. The first-order valence-electron chi connectivity index (χ1n) is 7.36. The predicted octanol–water partition coefficient (Wildman–Crippen LogP) is 3.19. The van der Waals surface area contributed by atoms with Crippen molar-refractivity contribution in [2.75, 3.05) is 7.05 Å². The molecule has 4 nitrogen and oxygen atoms in total. The first-order valence-corrected chi connectivity index (χ1v) is 7.36. The Hall–Kier alpha value is -2.10. The molecule has 0 heterocycles. The third-order valence-electron chi connectivity index (χ3n) is 4.02. The number of carbonyl (C=O) groups is 2. The van der Waals surface area contributed by atoms with Gasteiger partial charge in [0.15, 0.2) is 0 Å². The Morgan fingerprint density at radius 1 is 1.14 bits per heavy atom. The first kappa shape index (κ1) is 15.3. The molecule has 2 rings (SSSR count). The fourth-order valence-electron chi connectivity index (χ4n) is 2.74. The lowest BCUT2D eigenvalue weighted by Crippen LogP contribution is -2.38. The van der Waals surface area contributed by atoms with Crippen molar-refractivity contribution in [3.63, 3.8) is 0 Å². The van der Waals surface area contributed by atoms with E-state index in [9.17, 15) is 9.59 Å². The van der Waals surface area contributed by atoms with Crippen LogP contribution in [0.2, 0.25) is 0 Å². The van der Waals surface area contributed by atoms with Crippen molar-refractivity contribution in [2.24, 2.45) is 0 Å². The molecule has 0 bridgehead atoms. The molecule has 1 fully saturated rings. The second-order valence-electron chi connectivity index (χ2n) is 5.50. The quantitative estimate of drug-likeness (QED) is 0.865. The smallest absolute Gasteiger partial charge is 0.328 e. The number of hydrogen-bond acceptors (Lipinski definition) is 2. The molecule has 112 valence electrons. The summed E-state index contributed by atoms with van der Waals surface area (Å²) in [5.74, 6) is -0.942. The number of aliphatic carboxylic acids is 1. The summed E-state index contributed by atoms with van der Waals surface area (Å²) in [4.78, 5) is 24.7. The Labute approximate surface area is 125 Å². The van der Waals surface area contributed by atoms with E-state index in [-0.39, 0.29) is 5.91 Å². The van der Waals surface area contributed by atoms with Crippen molar-refractivity contribution < 1.29 is 14.7 Å². The Morgan fingerprint density at radius 2 is 1.76 bits per heavy atom. The number of nitrogens with zero attached hydrogens (tertiary/aromatic N) is 1. The zero-order chi connectivity index (χ0) is 15.2. The van der Waals surface area contributed by atoms with Gasteiger partial charge in [0.05, 0.1) is 0 Å². The molecule has 0 unspecified atom stereocenters. The van der Waals surface area contributed by atoms with Crippen molar-refractivity contribution in [3.8, 4) is 0 Å². The van der Waals surface area contributed by atoms with Gasteiger partial charge >= 0.3 is 5.97 Å². The van der Waals surface area contributed by atoms with Gasteiger partial charge in [-0.1, -0.05) is 31.4 Å². The van der Waals surface area contributed by atoms with E-state index in [0.717, 1.165) is 24.5 Å². The van der Waals surface area contributed by atoms with Crippen LogP contribution in [0, 0.1) is 0 Å². The van der Waals surface area contributed by atoms with Crippen LogP contribution in [0.25, 0.3) is 6.08 Å². The van der Waals surface area contributed by atoms with E-state index < -0.39 is 5.97 Å². The Bertz CT molecular complexity index is 527. The fraction of sp³-hybridized carbons (Fsp3) is 0.412. The van der Waals surface area contributed by atoms with Gasteiger partial charge in [0.1, 0.15) is 0 Å². The SMILES string of the molecule is CN(C(=O)c1ccc(C=CC(=O)O)cc1)C1CCCCC1. The van der Waals surface area contributed by atoms with Crippen LogP contribution >= 0.6 is 0 Å². The summed E-state index contributed by atoms with van der Waals surface area (Å²) in [5, 5.41) is 8.59. The van der Waals surface area contributed by atoms with Crippen LogP contribution in [0.15, 0.2) is 30.3 Å². The molecule has 0 atom stereocenters. The maximum Gasteiger partial charge on any atom is 0.328 e. The molecule has 0 spiro atoms. The predicted molar refractivity (Wildman–Crippen MR) is 82.1 cm³/mol. The van der Waals surface area contributed by atoms with E-state index in [1.165, 1.54) is 25.3 Å². The van der Waals surface area contributed by atoms with Crippen LogP contribution in [0.1, 0.15) is 48.0 Å². The van der Waals surface area contributed by atoms with Gasteiger partial charge in [-0.25, -0.2) is 4.79 Å². The zero-order valence-electron chi connectivity index (χ0n) is 12.3. The maximum absolute atomic E-state index is 12.4. The third kappa shape index (κ3) is 4.18. The van der Waals surface area contributed by atoms with Gasteiger partial charge in [-0.05, 0) is 36.6 Å². The molecule has 1 saturated carbocycles. The average molecular weight is 287 g/mol. The van der Waals surface area contributed by atoms with Crippen molar-refractivity contribution in [3.05, 3.63) is 41.5 Å². The summed E-state index contributed by atoms with van der Waals surface area (Å²) >= 11 is 0. The molecule has 1 aliphatic rings. The number of amides is 1. The minimum atomic E-state index is -0.979. The van der Waals surface area contributed by atoms with Gasteiger partial charge in [0, 0.05) is 24.7 Å². The lowest BCUT2D eigenvalue weighted by Gasteiger charge is -2.31. The fourth-order valence-corrected chi connectivity index (χ4v) is 2.74. The van der Waals surface area contributed by atoms with Crippen molar-refractivity contribution in [2.45, 2.75) is 38.1 Å². The Kier molecular flexibility index (Phi) is 5.14. The van der Waals surface area contributed by atoms with Crippen LogP contribution in [-0.4, -0.2) is 35.0 Å². The molecule has 21 heavy (non-hydrogen) atoms. The number of carboxylic acid groups (broad SMARTS) is 1. The lowest BCUT2D eigenvalue weighted by molar-refractivity contribution is -0.131. The number of benzene rings is 1. The third-order valence-corrected chi connectivity index (χ3v) is 4.02. The molecule has 1 N–H and O–H groups in total. The van der Waals surface area contributed by atoms with Gasteiger partial charge in [0.25, 0.3) is 5.91 Å². The average Bonchev–Trinajstić information content (AvgIpc) is 2.53. The molecule has 0 aliphatic heterocycles.